The maximum Gasteiger partial charge on any atom is 0.244 e. The third-order valence-electron chi connectivity index (χ3n) is 4.50. The number of hydrogen-bond acceptors (Lipinski definition) is 4. The summed E-state index contributed by atoms with van der Waals surface area (Å²) in [5.41, 5.74) is 0.0424. The van der Waals surface area contributed by atoms with Gasteiger partial charge in [0.05, 0.1) is 6.54 Å². The topological polar surface area (TPSA) is 55.9 Å². The highest BCUT2D eigenvalue weighted by atomic mass is 19.1. The molecule has 0 unspecified atom stereocenters. The van der Waals surface area contributed by atoms with Gasteiger partial charge in [0.15, 0.2) is 0 Å². The summed E-state index contributed by atoms with van der Waals surface area (Å²) in [5, 5.41) is 2.72. The molecule has 0 aliphatic carbocycles. The number of anilines is 1. The fourth-order valence-electron chi connectivity index (χ4n) is 2.86. The highest BCUT2D eigenvalue weighted by Gasteiger charge is 2.30. The van der Waals surface area contributed by atoms with Crippen LogP contribution in [0.4, 0.5) is 10.1 Å². The van der Waals surface area contributed by atoms with Crippen molar-refractivity contribution < 1.29 is 14.0 Å². The Morgan fingerprint density at radius 2 is 1.69 bits per heavy atom. The second-order valence-electron chi connectivity index (χ2n) is 7.79. The van der Waals surface area contributed by atoms with E-state index < -0.39 is 5.54 Å². The second-order valence-corrected chi connectivity index (χ2v) is 7.79. The Hall–Kier alpha value is -1.99. The average Bonchev–Trinajstić information content (AvgIpc) is 2.56. The molecule has 1 N–H and O–H groups in total. The lowest BCUT2D eigenvalue weighted by Gasteiger charge is -2.38. The van der Waals surface area contributed by atoms with E-state index in [9.17, 15) is 14.0 Å². The number of carbonyl (C=O) groups is 2. The Kier molecular flexibility index (Phi) is 6.72. The van der Waals surface area contributed by atoms with Gasteiger partial charge in [0, 0.05) is 37.4 Å². The lowest BCUT2D eigenvalue weighted by Crippen LogP contribution is -2.54. The fourth-order valence-corrected chi connectivity index (χ4v) is 2.86. The van der Waals surface area contributed by atoms with Gasteiger partial charge in [-0.15, -0.1) is 0 Å². The number of piperazine rings is 1. The van der Waals surface area contributed by atoms with Crippen molar-refractivity contribution in [3.8, 4) is 0 Å². The molecule has 26 heavy (non-hydrogen) atoms. The van der Waals surface area contributed by atoms with E-state index in [1.165, 1.54) is 24.3 Å². The van der Waals surface area contributed by atoms with Crippen LogP contribution in [-0.2, 0) is 9.59 Å². The number of amides is 2. The van der Waals surface area contributed by atoms with E-state index in [-0.39, 0.29) is 24.2 Å². The molecular formula is C19H29FN4O2. The molecule has 0 radical (unpaired) electrons. The highest BCUT2D eigenvalue weighted by molar-refractivity contribution is 5.95. The first-order chi connectivity index (χ1) is 12.1. The molecule has 0 aromatic heterocycles. The van der Waals surface area contributed by atoms with E-state index in [2.05, 4.69) is 22.2 Å². The summed E-state index contributed by atoms with van der Waals surface area (Å²) in [4.78, 5) is 31.1. The zero-order valence-corrected chi connectivity index (χ0v) is 16.1. The van der Waals surface area contributed by atoms with Gasteiger partial charge in [-0.3, -0.25) is 14.5 Å². The maximum absolute atomic E-state index is 13.0. The van der Waals surface area contributed by atoms with Crippen molar-refractivity contribution >= 4 is 17.5 Å². The lowest BCUT2D eigenvalue weighted by molar-refractivity contribution is -0.140. The van der Waals surface area contributed by atoms with E-state index in [0.29, 0.717) is 12.2 Å². The number of halogens is 1. The molecule has 0 bridgehead atoms. The predicted octanol–water partition coefficient (Wildman–Crippen LogP) is 1.64. The van der Waals surface area contributed by atoms with Gasteiger partial charge in [0.2, 0.25) is 11.8 Å². The van der Waals surface area contributed by atoms with E-state index >= 15 is 0 Å². The first-order valence-electron chi connectivity index (χ1n) is 8.92. The van der Waals surface area contributed by atoms with Crippen LogP contribution in [0, 0.1) is 5.82 Å². The molecule has 1 aliphatic heterocycles. The summed E-state index contributed by atoms with van der Waals surface area (Å²) >= 11 is 0. The molecule has 1 aliphatic rings. The predicted molar refractivity (Wildman–Crippen MR) is 100 cm³/mol. The van der Waals surface area contributed by atoms with Crippen molar-refractivity contribution in [3.63, 3.8) is 0 Å². The van der Waals surface area contributed by atoms with Gasteiger partial charge < -0.3 is 15.1 Å². The zero-order chi connectivity index (χ0) is 19.3. The van der Waals surface area contributed by atoms with Crippen LogP contribution in [0.3, 0.4) is 0 Å². The highest BCUT2D eigenvalue weighted by Crippen LogP contribution is 2.15. The van der Waals surface area contributed by atoms with Gasteiger partial charge in [-0.25, -0.2) is 4.39 Å². The Labute approximate surface area is 154 Å². The molecule has 1 fully saturated rings. The van der Waals surface area contributed by atoms with E-state index in [0.717, 1.165) is 26.2 Å². The molecule has 0 atom stereocenters. The number of nitrogens with one attached hydrogen (secondary N) is 1. The molecule has 1 aromatic carbocycles. The third-order valence-corrected chi connectivity index (χ3v) is 4.50. The van der Waals surface area contributed by atoms with Crippen LogP contribution in [0.25, 0.3) is 0 Å². The fraction of sp³-hybridized carbons (Fsp3) is 0.579. The molecule has 144 valence electrons. The van der Waals surface area contributed by atoms with Gasteiger partial charge >= 0.3 is 0 Å². The van der Waals surface area contributed by atoms with Crippen LogP contribution >= 0.6 is 0 Å². The van der Waals surface area contributed by atoms with Crippen LogP contribution in [0.15, 0.2) is 24.3 Å². The number of carbonyl (C=O) groups excluding carboxylic acids is 2. The molecule has 0 saturated carbocycles. The standard InChI is InChI=1S/C19H29FN4O2/c1-19(2,3)24(18(26)14-23-11-9-22(4)10-12-23)13-17(25)21-16-7-5-15(20)6-8-16/h5-8H,9-14H2,1-4H3,(H,21,25). The van der Waals surface area contributed by atoms with Crippen LogP contribution in [-0.4, -0.2) is 78.4 Å². The van der Waals surface area contributed by atoms with Crippen LogP contribution in [0.2, 0.25) is 0 Å². The van der Waals surface area contributed by atoms with Gasteiger partial charge in [0.1, 0.15) is 12.4 Å². The molecule has 2 amide bonds. The Morgan fingerprint density at radius 3 is 2.23 bits per heavy atom. The molecule has 2 rings (SSSR count). The lowest BCUT2D eigenvalue weighted by atomic mass is 10.1. The molecule has 1 heterocycles. The average molecular weight is 364 g/mol. The molecule has 0 spiro atoms. The van der Waals surface area contributed by atoms with Crippen molar-refractivity contribution in [3.05, 3.63) is 30.1 Å². The minimum atomic E-state index is -0.468. The number of rotatable bonds is 5. The summed E-state index contributed by atoms with van der Waals surface area (Å²) in [6, 6.07) is 5.58. The smallest absolute Gasteiger partial charge is 0.244 e. The van der Waals surface area contributed by atoms with Crippen molar-refractivity contribution in [1.29, 1.82) is 0 Å². The summed E-state index contributed by atoms with van der Waals surface area (Å²) in [6.07, 6.45) is 0. The largest absolute Gasteiger partial charge is 0.327 e. The van der Waals surface area contributed by atoms with E-state index in [1.807, 2.05) is 20.8 Å². The first-order valence-corrected chi connectivity index (χ1v) is 8.92. The van der Waals surface area contributed by atoms with E-state index in [1.54, 1.807) is 4.90 Å². The second kappa shape index (κ2) is 8.60. The quantitative estimate of drug-likeness (QED) is 0.863. The van der Waals surface area contributed by atoms with Crippen molar-refractivity contribution in [2.75, 3.05) is 51.6 Å². The Morgan fingerprint density at radius 1 is 1.12 bits per heavy atom. The first kappa shape index (κ1) is 20.3. The number of nitrogens with zero attached hydrogens (tertiary/aromatic N) is 3. The molecule has 1 aromatic rings. The summed E-state index contributed by atoms with van der Waals surface area (Å²) in [7, 11) is 2.07. The van der Waals surface area contributed by atoms with Crippen LogP contribution in [0.5, 0.6) is 0 Å². The normalized spacial score (nSPS) is 16.3. The van der Waals surface area contributed by atoms with Gasteiger partial charge in [-0.1, -0.05) is 0 Å². The van der Waals surface area contributed by atoms with E-state index in [4.69, 9.17) is 0 Å². The number of likely N-dealkylation sites (N-methyl/N-ethyl adjacent to an activating group) is 1. The maximum atomic E-state index is 13.0. The monoisotopic (exact) mass is 364 g/mol. The van der Waals surface area contributed by atoms with Crippen LogP contribution in [0.1, 0.15) is 20.8 Å². The molecule has 6 nitrogen and oxygen atoms in total. The summed E-state index contributed by atoms with van der Waals surface area (Å²) in [5.74, 6) is -0.712. The summed E-state index contributed by atoms with van der Waals surface area (Å²) < 4.78 is 13.0. The van der Waals surface area contributed by atoms with Gasteiger partial charge in [0.25, 0.3) is 0 Å². The SMILES string of the molecule is CN1CCN(CC(=O)N(CC(=O)Nc2ccc(F)cc2)C(C)(C)C)CC1. The van der Waals surface area contributed by atoms with Gasteiger partial charge in [-0.2, -0.15) is 0 Å². The zero-order valence-electron chi connectivity index (χ0n) is 16.1. The third kappa shape index (κ3) is 6.07. The minimum Gasteiger partial charge on any atom is -0.327 e. The van der Waals surface area contributed by atoms with Crippen molar-refractivity contribution in [2.45, 2.75) is 26.3 Å². The molecule has 1 saturated heterocycles. The van der Waals surface area contributed by atoms with Gasteiger partial charge in [-0.05, 0) is 52.1 Å². The Bertz CT molecular complexity index is 619. The van der Waals surface area contributed by atoms with Crippen LogP contribution < -0.4 is 5.32 Å². The summed E-state index contributed by atoms with van der Waals surface area (Å²) in [6.45, 7) is 9.61. The molecule has 7 heteroatoms. The van der Waals surface area contributed by atoms with Crippen molar-refractivity contribution in [1.82, 2.24) is 14.7 Å². The molecular weight excluding hydrogens is 335 g/mol. The minimum absolute atomic E-state index is 0.0343. The van der Waals surface area contributed by atoms with Crippen molar-refractivity contribution in [2.24, 2.45) is 0 Å². The number of benzene rings is 1. The Balaban J connectivity index is 1.96. The number of hydrogen-bond donors (Lipinski definition) is 1.